The van der Waals surface area contributed by atoms with Crippen molar-refractivity contribution in [2.24, 2.45) is 11.8 Å². The maximum absolute atomic E-state index is 12.9. The molecule has 1 N–H and O–H groups in total. The molecule has 4 heterocycles. The first-order valence-corrected chi connectivity index (χ1v) is 10.7. The highest BCUT2D eigenvalue weighted by molar-refractivity contribution is 5.79. The van der Waals surface area contributed by atoms with E-state index >= 15 is 0 Å². The zero-order valence-corrected chi connectivity index (χ0v) is 16.8. The Kier molecular flexibility index (Phi) is 5.78. The van der Waals surface area contributed by atoms with E-state index in [9.17, 15) is 4.79 Å². The van der Waals surface area contributed by atoms with Crippen LogP contribution in [-0.4, -0.2) is 70.0 Å². The molecule has 0 spiro atoms. The fourth-order valence-corrected chi connectivity index (χ4v) is 5.22. The molecular formula is C20H34N6O. The number of aromatic nitrogens is 3. The monoisotopic (exact) mass is 374 g/mol. The van der Waals surface area contributed by atoms with Gasteiger partial charge in [-0.15, -0.1) is 5.10 Å². The molecule has 1 aromatic heterocycles. The second kappa shape index (κ2) is 8.27. The number of carbonyl (C=O) groups is 1. The number of rotatable bonds is 6. The highest BCUT2D eigenvalue weighted by atomic mass is 16.2. The van der Waals surface area contributed by atoms with Crippen molar-refractivity contribution in [2.75, 3.05) is 27.2 Å². The predicted octanol–water partition coefficient (Wildman–Crippen LogP) is 1.50. The van der Waals surface area contributed by atoms with Crippen LogP contribution in [-0.2, 0) is 17.9 Å². The van der Waals surface area contributed by atoms with E-state index in [1.54, 1.807) is 0 Å². The molecule has 4 aliphatic rings. The van der Waals surface area contributed by atoms with Gasteiger partial charge < -0.3 is 10.2 Å². The smallest absolute Gasteiger partial charge is 0.224 e. The lowest BCUT2D eigenvalue weighted by Gasteiger charge is -2.49. The largest absolute Gasteiger partial charge is 0.353 e. The van der Waals surface area contributed by atoms with Gasteiger partial charge in [-0.3, -0.25) is 14.4 Å². The Bertz CT molecular complexity index is 638. The van der Waals surface area contributed by atoms with Gasteiger partial charge in [-0.1, -0.05) is 24.5 Å². The summed E-state index contributed by atoms with van der Waals surface area (Å²) in [5, 5.41) is 12.0. The van der Waals surface area contributed by atoms with E-state index in [0.29, 0.717) is 23.9 Å². The highest BCUT2D eigenvalue weighted by Gasteiger charge is 2.43. The lowest BCUT2D eigenvalue weighted by atomic mass is 9.75. The molecule has 7 nitrogen and oxygen atoms in total. The Labute approximate surface area is 162 Å². The second-order valence-corrected chi connectivity index (χ2v) is 9.05. The van der Waals surface area contributed by atoms with Crippen LogP contribution < -0.4 is 5.32 Å². The van der Waals surface area contributed by atoms with Gasteiger partial charge in [-0.05, 0) is 52.2 Å². The van der Waals surface area contributed by atoms with E-state index < -0.39 is 0 Å². The van der Waals surface area contributed by atoms with Gasteiger partial charge >= 0.3 is 0 Å². The Balaban J connectivity index is 1.31. The van der Waals surface area contributed by atoms with Crippen molar-refractivity contribution in [1.82, 2.24) is 30.1 Å². The van der Waals surface area contributed by atoms with Gasteiger partial charge in [0, 0.05) is 31.4 Å². The molecule has 2 unspecified atom stereocenters. The summed E-state index contributed by atoms with van der Waals surface area (Å²) >= 11 is 0. The molecule has 4 fully saturated rings. The fourth-order valence-electron chi connectivity index (χ4n) is 5.22. The van der Waals surface area contributed by atoms with E-state index in [0.717, 1.165) is 57.6 Å². The molecule has 1 amide bonds. The van der Waals surface area contributed by atoms with E-state index in [-0.39, 0.29) is 5.92 Å². The van der Waals surface area contributed by atoms with Crippen molar-refractivity contribution in [1.29, 1.82) is 0 Å². The maximum atomic E-state index is 12.9. The predicted molar refractivity (Wildman–Crippen MR) is 104 cm³/mol. The Hall–Kier alpha value is -1.47. The number of hydrogen-bond donors (Lipinski definition) is 1. The molecular weight excluding hydrogens is 340 g/mol. The number of hydrogen-bond acceptors (Lipinski definition) is 5. The minimum atomic E-state index is 0.178. The standard InChI is InChI=1S/C20H34N6O/c1-24(2)11-17-12-26(23-22-17)13-18-10-15-8-9-25(18)14-19(15)20(27)21-16-6-4-3-5-7-16/h12,15-16,18-19H,3-11,13-14H2,1-2H3,(H,21,27)/t15?,18-,19+/m1/s1. The average Bonchev–Trinajstić information content (AvgIpc) is 3.09. The molecule has 2 bridgehead atoms. The molecule has 7 heteroatoms. The van der Waals surface area contributed by atoms with Gasteiger partial charge in [-0.2, -0.15) is 0 Å². The van der Waals surface area contributed by atoms with Crippen LogP contribution in [0.5, 0.6) is 0 Å². The Morgan fingerprint density at radius 3 is 2.78 bits per heavy atom. The molecule has 1 aliphatic carbocycles. The van der Waals surface area contributed by atoms with Crippen molar-refractivity contribution in [3.63, 3.8) is 0 Å². The van der Waals surface area contributed by atoms with E-state index in [4.69, 9.17) is 0 Å². The van der Waals surface area contributed by atoms with Crippen molar-refractivity contribution < 1.29 is 4.79 Å². The molecule has 27 heavy (non-hydrogen) atoms. The van der Waals surface area contributed by atoms with Gasteiger partial charge in [0.05, 0.1) is 18.2 Å². The zero-order chi connectivity index (χ0) is 18.8. The number of fused-ring (bicyclic) bond motifs is 3. The molecule has 5 rings (SSSR count). The fraction of sp³-hybridized carbons (Fsp3) is 0.850. The summed E-state index contributed by atoms with van der Waals surface area (Å²) < 4.78 is 1.99. The van der Waals surface area contributed by atoms with Gasteiger partial charge in [0.2, 0.25) is 5.91 Å². The van der Waals surface area contributed by atoms with Crippen LogP contribution in [0, 0.1) is 11.8 Å². The van der Waals surface area contributed by atoms with Crippen molar-refractivity contribution in [2.45, 2.75) is 70.1 Å². The van der Waals surface area contributed by atoms with Crippen LogP contribution in [0.2, 0.25) is 0 Å². The quantitative estimate of drug-likeness (QED) is 0.817. The molecule has 3 saturated heterocycles. The summed E-state index contributed by atoms with van der Waals surface area (Å²) in [7, 11) is 4.09. The minimum Gasteiger partial charge on any atom is -0.353 e. The van der Waals surface area contributed by atoms with E-state index in [2.05, 4.69) is 31.6 Å². The van der Waals surface area contributed by atoms with Crippen molar-refractivity contribution in [3.05, 3.63) is 11.9 Å². The molecule has 150 valence electrons. The van der Waals surface area contributed by atoms with E-state index in [1.807, 2.05) is 18.8 Å². The van der Waals surface area contributed by atoms with Crippen LogP contribution in [0.4, 0.5) is 0 Å². The van der Waals surface area contributed by atoms with Crippen LogP contribution in [0.1, 0.15) is 50.6 Å². The molecule has 3 aliphatic heterocycles. The summed E-state index contributed by atoms with van der Waals surface area (Å²) in [5.74, 6) is 1.01. The topological polar surface area (TPSA) is 66.3 Å². The van der Waals surface area contributed by atoms with E-state index in [1.165, 1.54) is 19.3 Å². The summed E-state index contributed by atoms with van der Waals surface area (Å²) in [6.07, 6.45) is 10.5. The van der Waals surface area contributed by atoms with Crippen LogP contribution in [0.25, 0.3) is 0 Å². The Morgan fingerprint density at radius 2 is 2.07 bits per heavy atom. The number of nitrogens with one attached hydrogen (secondary N) is 1. The third kappa shape index (κ3) is 4.51. The molecule has 0 radical (unpaired) electrons. The molecule has 4 atom stereocenters. The van der Waals surface area contributed by atoms with Crippen LogP contribution in [0.15, 0.2) is 6.20 Å². The SMILES string of the molecule is CN(C)Cc1cn(C[C@H]2CC3CCN2C[C@@H]3C(=O)NC2CCCCC2)nn1. The number of carbonyl (C=O) groups excluding carboxylic acids is 1. The first kappa shape index (κ1) is 18.9. The second-order valence-electron chi connectivity index (χ2n) is 9.05. The average molecular weight is 375 g/mol. The lowest BCUT2D eigenvalue weighted by molar-refractivity contribution is -0.134. The van der Waals surface area contributed by atoms with Gasteiger partial charge in [0.15, 0.2) is 0 Å². The van der Waals surface area contributed by atoms with Gasteiger partial charge in [-0.25, -0.2) is 0 Å². The highest BCUT2D eigenvalue weighted by Crippen LogP contribution is 2.37. The Morgan fingerprint density at radius 1 is 1.26 bits per heavy atom. The summed E-state index contributed by atoms with van der Waals surface area (Å²) in [6, 6.07) is 0.902. The van der Waals surface area contributed by atoms with Crippen molar-refractivity contribution in [3.8, 4) is 0 Å². The minimum absolute atomic E-state index is 0.178. The van der Waals surface area contributed by atoms with Gasteiger partial charge in [0.25, 0.3) is 0 Å². The first-order chi connectivity index (χ1) is 13.1. The van der Waals surface area contributed by atoms with Crippen LogP contribution >= 0.6 is 0 Å². The molecule has 0 aromatic carbocycles. The summed E-state index contributed by atoms with van der Waals surface area (Å²) in [6.45, 7) is 3.73. The third-order valence-electron chi connectivity index (χ3n) is 6.63. The van der Waals surface area contributed by atoms with Crippen LogP contribution in [0.3, 0.4) is 0 Å². The molecule has 1 saturated carbocycles. The van der Waals surface area contributed by atoms with Crippen molar-refractivity contribution >= 4 is 5.91 Å². The normalized spacial score (nSPS) is 31.4. The molecule has 1 aromatic rings. The summed E-state index contributed by atoms with van der Waals surface area (Å²) in [5.41, 5.74) is 1.01. The number of amides is 1. The summed E-state index contributed by atoms with van der Waals surface area (Å²) in [4.78, 5) is 17.5. The maximum Gasteiger partial charge on any atom is 0.224 e. The number of piperidine rings is 3. The number of nitrogens with zero attached hydrogens (tertiary/aromatic N) is 5. The lowest BCUT2D eigenvalue weighted by Crippen LogP contribution is -2.58. The zero-order valence-electron chi connectivity index (χ0n) is 16.8. The first-order valence-electron chi connectivity index (χ1n) is 10.7. The van der Waals surface area contributed by atoms with Gasteiger partial charge in [0.1, 0.15) is 0 Å². The third-order valence-corrected chi connectivity index (χ3v) is 6.63.